The largest absolute Gasteiger partial charge is 0.444 e. The van der Waals surface area contributed by atoms with Crippen molar-refractivity contribution in [2.24, 2.45) is 4.99 Å². The van der Waals surface area contributed by atoms with E-state index in [9.17, 15) is 4.79 Å². The van der Waals surface area contributed by atoms with Crippen LogP contribution in [0.1, 0.15) is 52.8 Å². The van der Waals surface area contributed by atoms with Crippen LogP contribution < -0.4 is 16.0 Å². The molecule has 0 atom stereocenters. The summed E-state index contributed by atoms with van der Waals surface area (Å²) in [5, 5.41) is 13.0. The molecule has 1 aromatic heterocycles. The molecule has 0 bridgehead atoms. The number of carbonyl (C=O) groups is 1. The second kappa shape index (κ2) is 9.40. The summed E-state index contributed by atoms with van der Waals surface area (Å²) in [5.41, 5.74) is -1.02. The van der Waals surface area contributed by atoms with Crippen LogP contribution in [0.5, 0.6) is 0 Å². The zero-order chi connectivity index (χ0) is 19.8. The molecule has 0 aliphatic heterocycles. The average Bonchev–Trinajstić information content (AvgIpc) is 2.89. The third-order valence-electron chi connectivity index (χ3n) is 3.19. The first-order chi connectivity index (χ1) is 12.0. The van der Waals surface area contributed by atoms with Crippen molar-refractivity contribution in [3.8, 4) is 0 Å². The van der Waals surface area contributed by atoms with E-state index in [1.54, 1.807) is 14.0 Å². The highest BCUT2D eigenvalue weighted by Gasteiger charge is 2.24. The molecular formula is C17H32N6O3. The number of nitrogens with one attached hydrogen (secondary N) is 3. The fraction of sp³-hybridized carbons (Fsp3) is 0.765. The van der Waals surface area contributed by atoms with Gasteiger partial charge in [0.1, 0.15) is 5.60 Å². The smallest absolute Gasteiger partial charge is 0.408 e. The fourth-order valence-corrected chi connectivity index (χ4v) is 2.04. The Bertz CT molecular complexity index is 604. The Morgan fingerprint density at radius 3 is 2.46 bits per heavy atom. The number of nitrogens with zero attached hydrogens (tertiary/aromatic N) is 3. The summed E-state index contributed by atoms with van der Waals surface area (Å²) in [6.07, 6.45) is 1.10. The van der Waals surface area contributed by atoms with E-state index < -0.39 is 17.2 Å². The van der Waals surface area contributed by atoms with Gasteiger partial charge in [-0.25, -0.2) is 4.79 Å². The number of aromatic nitrogens is 2. The van der Waals surface area contributed by atoms with Crippen LogP contribution in [0.4, 0.5) is 4.79 Å². The van der Waals surface area contributed by atoms with E-state index in [2.05, 4.69) is 31.1 Å². The minimum absolute atomic E-state index is 0.443. The number of aliphatic imine (C=N–C) groups is 1. The Kier molecular flexibility index (Phi) is 7.85. The van der Waals surface area contributed by atoms with E-state index in [0.29, 0.717) is 37.2 Å². The molecule has 0 radical (unpaired) electrons. The van der Waals surface area contributed by atoms with Gasteiger partial charge in [-0.1, -0.05) is 5.16 Å². The van der Waals surface area contributed by atoms with Crippen molar-refractivity contribution in [3.05, 3.63) is 11.7 Å². The Hall–Kier alpha value is -2.32. The van der Waals surface area contributed by atoms with Crippen LogP contribution in [-0.2, 0) is 11.2 Å². The first-order valence-electron chi connectivity index (χ1n) is 8.75. The van der Waals surface area contributed by atoms with Crippen LogP contribution in [0.2, 0.25) is 0 Å². The maximum atomic E-state index is 11.9. The quantitative estimate of drug-likeness (QED) is 0.382. The molecule has 0 unspecified atom stereocenters. The van der Waals surface area contributed by atoms with Crippen LogP contribution in [-0.4, -0.2) is 53.5 Å². The highest BCUT2D eigenvalue weighted by Crippen LogP contribution is 2.09. The van der Waals surface area contributed by atoms with Crippen molar-refractivity contribution in [2.45, 2.75) is 65.5 Å². The Balaban J connectivity index is 2.32. The number of carbonyl (C=O) groups excluding carboxylic acids is 1. The molecule has 26 heavy (non-hydrogen) atoms. The number of amides is 1. The van der Waals surface area contributed by atoms with Gasteiger partial charge in [0.2, 0.25) is 5.89 Å². The van der Waals surface area contributed by atoms with Gasteiger partial charge in [-0.2, -0.15) is 4.98 Å². The molecule has 0 aliphatic rings. The van der Waals surface area contributed by atoms with Crippen LogP contribution >= 0.6 is 0 Å². The van der Waals surface area contributed by atoms with Gasteiger partial charge < -0.3 is 25.2 Å². The Labute approximate surface area is 155 Å². The number of hydrogen-bond donors (Lipinski definition) is 3. The molecule has 1 amide bonds. The Morgan fingerprint density at radius 1 is 1.23 bits per heavy atom. The van der Waals surface area contributed by atoms with Gasteiger partial charge in [-0.05, 0) is 48.0 Å². The fourth-order valence-electron chi connectivity index (χ4n) is 2.04. The molecule has 0 fully saturated rings. The van der Waals surface area contributed by atoms with Crippen molar-refractivity contribution in [1.82, 2.24) is 26.1 Å². The van der Waals surface area contributed by atoms with E-state index in [1.807, 2.05) is 34.6 Å². The standard InChI is InChI=1S/C17H32N6O3/c1-12-21-13(26-23-12)9-8-10-19-14(18-7)20-11-17(5,6)22-15(24)25-16(2,3)4/h8-11H2,1-7H3,(H,22,24)(H2,18,19,20). The molecule has 0 saturated carbocycles. The summed E-state index contributed by atoms with van der Waals surface area (Å²) < 4.78 is 10.4. The third kappa shape index (κ3) is 9.24. The highest BCUT2D eigenvalue weighted by atomic mass is 16.6. The summed E-state index contributed by atoms with van der Waals surface area (Å²) in [7, 11) is 1.70. The van der Waals surface area contributed by atoms with E-state index in [4.69, 9.17) is 9.26 Å². The Morgan fingerprint density at radius 2 is 1.92 bits per heavy atom. The lowest BCUT2D eigenvalue weighted by Gasteiger charge is -2.29. The molecule has 1 rings (SSSR count). The molecule has 9 heteroatoms. The molecule has 0 spiro atoms. The number of alkyl carbamates (subject to hydrolysis) is 1. The summed E-state index contributed by atoms with van der Waals surface area (Å²) in [5.74, 6) is 1.94. The lowest BCUT2D eigenvalue weighted by atomic mass is 10.1. The predicted octanol–water partition coefficient (Wildman–Crippen LogP) is 1.78. The number of guanidine groups is 1. The SMILES string of the molecule is CN=C(NCCCc1nc(C)no1)NCC(C)(C)NC(=O)OC(C)(C)C. The van der Waals surface area contributed by atoms with Gasteiger partial charge in [-0.3, -0.25) is 4.99 Å². The number of rotatable bonds is 7. The lowest BCUT2D eigenvalue weighted by Crippen LogP contribution is -2.54. The maximum Gasteiger partial charge on any atom is 0.408 e. The van der Waals surface area contributed by atoms with Gasteiger partial charge >= 0.3 is 6.09 Å². The molecule has 9 nitrogen and oxygen atoms in total. The number of ether oxygens (including phenoxy) is 1. The van der Waals surface area contributed by atoms with E-state index in [0.717, 1.165) is 6.42 Å². The number of aryl methyl sites for hydroxylation is 2. The van der Waals surface area contributed by atoms with E-state index >= 15 is 0 Å². The monoisotopic (exact) mass is 368 g/mol. The van der Waals surface area contributed by atoms with Crippen LogP contribution in [0.15, 0.2) is 9.52 Å². The highest BCUT2D eigenvalue weighted by molar-refractivity contribution is 5.79. The van der Waals surface area contributed by atoms with Crippen molar-refractivity contribution < 1.29 is 14.1 Å². The number of hydrogen-bond acceptors (Lipinski definition) is 6. The minimum Gasteiger partial charge on any atom is -0.444 e. The van der Waals surface area contributed by atoms with E-state index in [-0.39, 0.29) is 0 Å². The molecule has 148 valence electrons. The van der Waals surface area contributed by atoms with Gasteiger partial charge in [0, 0.05) is 26.6 Å². The second-order valence-electron chi connectivity index (χ2n) is 7.70. The topological polar surface area (TPSA) is 114 Å². The van der Waals surface area contributed by atoms with Gasteiger partial charge in [0.15, 0.2) is 11.8 Å². The van der Waals surface area contributed by atoms with Crippen molar-refractivity contribution >= 4 is 12.1 Å². The molecular weight excluding hydrogens is 336 g/mol. The third-order valence-corrected chi connectivity index (χ3v) is 3.19. The van der Waals surface area contributed by atoms with Crippen LogP contribution in [0.3, 0.4) is 0 Å². The van der Waals surface area contributed by atoms with Crippen LogP contribution in [0.25, 0.3) is 0 Å². The summed E-state index contributed by atoms with van der Waals surface area (Å²) in [6.45, 7) is 12.3. The van der Waals surface area contributed by atoms with Gasteiger partial charge in [0.25, 0.3) is 0 Å². The second-order valence-corrected chi connectivity index (χ2v) is 7.70. The average molecular weight is 368 g/mol. The van der Waals surface area contributed by atoms with Gasteiger partial charge in [0.05, 0.1) is 5.54 Å². The van der Waals surface area contributed by atoms with Crippen molar-refractivity contribution in [1.29, 1.82) is 0 Å². The zero-order valence-corrected chi connectivity index (χ0v) is 16.9. The lowest BCUT2D eigenvalue weighted by molar-refractivity contribution is 0.0474. The van der Waals surface area contributed by atoms with Crippen LogP contribution in [0, 0.1) is 6.92 Å². The molecule has 0 aliphatic carbocycles. The van der Waals surface area contributed by atoms with Gasteiger partial charge in [-0.15, -0.1) is 0 Å². The predicted molar refractivity (Wildman–Crippen MR) is 100 cm³/mol. The maximum absolute atomic E-state index is 11.9. The molecule has 1 aromatic rings. The molecule has 0 aromatic carbocycles. The molecule has 0 saturated heterocycles. The van der Waals surface area contributed by atoms with E-state index in [1.165, 1.54) is 0 Å². The zero-order valence-electron chi connectivity index (χ0n) is 16.9. The van der Waals surface area contributed by atoms with Crippen molar-refractivity contribution in [2.75, 3.05) is 20.1 Å². The first kappa shape index (κ1) is 21.7. The summed E-state index contributed by atoms with van der Waals surface area (Å²) in [4.78, 5) is 20.3. The normalized spacial score (nSPS) is 12.7. The minimum atomic E-state index is -0.526. The van der Waals surface area contributed by atoms with Crippen molar-refractivity contribution in [3.63, 3.8) is 0 Å². The molecule has 1 heterocycles. The summed E-state index contributed by atoms with van der Waals surface area (Å²) >= 11 is 0. The molecule has 3 N–H and O–H groups in total. The first-order valence-corrected chi connectivity index (χ1v) is 8.75. The summed E-state index contributed by atoms with van der Waals surface area (Å²) in [6, 6.07) is 0.